The van der Waals surface area contributed by atoms with E-state index in [1.54, 1.807) is 18.0 Å². The minimum absolute atomic E-state index is 0.121. The van der Waals surface area contributed by atoms with Crippen molar-refractivity contribution in [2.75, 3.05) is 6.54 Å². The number of carbonyl (C=O) groups is 1. The van der Waals surface area contributed by atoms with Crippen LogP contribution in [0.25, 0.3) is 0 Å². The molecule has 3 N–H and O–H groups in total. The Bertz CT molecular complexity index is 641. The SMILES string of the molecule is NCC1CCCC1NC(=O)c1occc1CSc1ccccc1. The Labute approximate surface area is 140 Å². The molecule has 1 aromatic heterocycles. The first-order valence-electron chi connectivity index (χ1n) is 8.03. The third-order valence-electron chi connectivity index (χ3n) is 4.37. The van der Waals surface area contributed by atoms with Crippen molar-refractivity contribution in [2.45, 2.75) is 36.0 Å². The van der Waals surface area contributed by atoms with Gasteiger partial charge in [-0.2, -0.15) is 0 Å². The zero-order valence-corrected chi connectivity index (χ0v) is 13.9. The molecule has 122 valence electrons. The Hall–Kier alpha value is -1.72. The van der Waals surface area contributed by atoms with Crippen molar-refractivity contribution in [1.82, 2.24) is 5.32 Å². The van der Waals surface area contributed by atoms with Gasteiger partial charge in [0.1, 0.15) is 0 Å². The summed E-state index contributed by atoms with van der Waals surface area (Å²) < 4.78 is 5.44. The van der Waals surface area contributed by atoms with Gasteiger partial charge < -0.3 is 15.5 Å². The second-order valence-corrected chi connectivity index (χ2v) is 6.93. The van der Waals surface area contributed by atoms with E-state index in [9.17, 15) is 4.79 Å². The topological polar surface area (TPSA) is 68.3 Å². The molecule has 1 amide bonds. The molecule has 3 rings (SSSR count). The molecule has 1 aromatic carbocycles. The first-order valence-corrected chi connectivity index (χ1v) is 9.01. The fourth-order valence-corrected chi connectivity index (χ4v) is 3.97. The quantitative estimate of drug-likeness (QED) is 0.796. The van der Waals surface area contributed by atoms with Crippen LogP contribution in [0, 0.1) is 5.92 Å². The highest BCUT2D eigenvalue weighted by Crippen LogP contribution is 2.27. The standard InChI is InChI=1S/C18H22N2O2S/c19-11-13-5-4-8-16(13)20-18(21)17-14(9-10-22-17)12-23-15-6-2-1-3-7-15/h1-3,6-7,9-10,13,16H,4-5,8,11-12,19H2,(H,20,21). The van der Waals surface area contributed by atoms with Crippen LogP contribution in [0.3, 0.4) is 0 Å². The molecule has 0 radical (unpaired) electrons. The number of thioether (sulfide) groups is 1. The van der Waals surface area contributed by atoms with Crippen molar-refractivity contribution in [3.05, 3.63) is 54.0 Å². The summed E-state index contributed by atoms with van der Waals surface area (Å²) in [4.78, 5) is 13.7. The van der Waals surface area contributed by atoms with Gasteiger partial charge in [0.2, 0.25) is 0 Å². The highest BCUT2D eigenvalue weighted by Gasteiger charge is 2.29. The van der Waals surface area contributed by atoms with Gasteiger partial charge >= 0.3 is 0 Å². The van der Waals surface area contributed by atoms with E-state index in [2.05, 4.69) is 17.4 Å². The molecule has 2 aromatic rings. The summed E-state index contributed by atoms with van der Waals surface area (Å²) in [7, 11) is 0. The lowest BCUT2D eigenvalue weighted by Crippen LogP contribution is -2.40. The van der Waals surface area contributed by atoms with Gasteiger partial charge in [-0.15, -0.1) is 11.8 Å². The van der Waals surface area contributed by atoms with Crippen LogP contribution in [0.15, 0.2) is 52.0 Å². The van der Waals surface area contributed by atoms with E-state index in [-0.39, 0.29) is 11.9 Å². The van der Waals surface area contributed by atoms with E-state index in [1.165, 1.54) is 4.90 Å². The van der Waals surface area contributed by atoms with E-state index < -0.39 is 0 Å². The summed E-state index contributed by atoms with van der Waals surface area (Å²) in [5.41, 5.74) is 6.71. The molecule has 2 atom stereocenters. The fourth-order valence-electron chi connectivity index (χ4n) is 3.07. The van der Waals surface area contributed by atoms with E-state index in [1.807, 2.05) is 24.3 Å². The zero-order valence-electron chi connectivity index (χ0n) is 13.0. The van der Waals surface area contributed by atoms with Crippen LogP contribution in [0.2, 0.25) is 0 Å². The van der Waals surface area contributed by atoms with Crippen LogP contribution >= 0.6 is 11.8 Å². The van der Waals surface area contributed by atoms with Crippen molar-refractivity contribution >= 4 is 17.7 Å². The normalized spacial score (nSPS) is 20.6. The van der Waals surface area contributed by atoms with Gasteiger partial charge in [0.05, 0.1) is 6.26 Å². The molecule has 0 saturated heterocycles. The Morgan fingerprint density at radius 2 is 2.09 bits per heavy atom. The molecule has 1 aliphatic rings. The molecule has 2 unspecified atom stereocenters. The lowest BCUT2D eigenvalue weighted by atomic mass is 10.0. The van der Waals surface area contributed by atoms with Gasteiger partial charge in [-0.05, 0) is 43.5 Å². The van der Waals surface area contributed by atoms with Gasteiger partial charge in [-0.3, -0.25) is 4.79 Å². The van der Waals surface area contributed by atoms with E-state index in [4.69, 9.17) is 10.2 Å². The number of amides is 1. The van der Waals surface area contributed by atoms with E-state index in [0.29, 0.717) is 24.0 Å². The number of rotatable bonds is 6. The molecule has 1 fully saturated rings. The van der Waals surface area contributed by atoms with Crippen molar-refractivity contribution in [3.63, 3.8) is 0 Å². The Morgan fingerprint density at radius 1 is 1.26 bits per heavy atom. The van der Waals surface area contributed by atoms with Crippen molar-refractivity contribution in [2.24, 2.45) is 11.7 Å². The summed E-state index contributed by atoms with van der Waals surface area (Å²) in [6.07, 6.45) is 4.81. The lowest BCUT2D eigenvalue weighted by molar-refractivity contribution is 0.0899. The third kappa shape index (κ3) is 3.98. The number of hydrogen-bond acceptors (Lipinski definition) is 4. The Morgan fingerprint density at radius 3 is 2.87 bits per heavy atom. The number of furan rings is 1. The van der Waals surface area contributed by atoms with Gasteiger partial charge in [-0.1, -0.05) is 24.6 Å². The number of hydrogen-bond donors (Lipinski definition) is 2. The highest BCUT2D eigenvalue weighted by atomic mass is 32.2. The highest BCUT2D eigenvalue weighted by molar-refractivity contribution is 7.98. The van der Waals surface area contributed by atoms with Crippen LogP contribution in [-0.4, -0.2) is 18.5 Å². The second kappa shape index (κ2) is 7.70. The van der Waals surface area contributed by atoms with E-state index >= 15 is 0 Å². The van der Waals surface area contributed by atoms with Gasteiger partial charge in [-0.25, -0.2) is 0 Å². The van der Waals surface area contributed by atoms with Gasteiger partial charge in [0.15, 0.2) is 5.76 Å². The third-order valence-corrected chi connectivity index (χ3v) is 5.43. The summed E-state index contributed by atoms with van der Waals surface area (Å²) in [5.74, 6) is 1.41. The monoisotopic (exact) mass is 330 g/mol. The summed E-state index contributed by atoms with van der Waals surface area (Å²) in [5, 5.41) is 3.10. The molecule has 4 nitrogen and oxygen atoms in total. The average molecular weight is 330 g/mol. The van der Waals surface area contributed by atoms with Crippen LogP contribution < -0.4 is 11.1 Å². The molecule has 1 aliphatic carbocycles. The minimum atomic E-state index is -0.121. The largest absolute Gasteiger partial charge is 0.459 e. The zero-order chi connectivity index (χ0) is 16.1. The molecular weight excluding hydrogens is 308 g/mol. The van der Waals surface area contributed by atoms with Crippen LogP contribution in [0.1, 0.15) is 35.4 Å². The molecule has 1 saturated carbocycles. The van der Waals surface area contributed by atoms with Crippen LogP contribution in [0.4, 0.5) is 0 Å². The number of nitrogens with two attached hydrogens (primary N) is 1. The van der Waals surface area contributed by atoms with Crippen LogP contribution in [0.5, 0.6) is 0 Å². The molecule has 5 heteroatoms. The molecule has 0 bridgehead atoms. The van der Waals surface area contributed by atoms with Gasteiger partial charge in [0.25, 0.3) is 5.91 Å². The lowest BCUT2D eigenvalue weighted by Gasteiger charge is -2.19. The summed E-state index contributed by atoms with van der Waals surface area (Å²) in [6.45, 7) is 0.625. The number of benzene rings is 1. The predicted octanol–water partition coefficient (Wildman–Crippen LogP) is 3.43. The van der Waals surface area contributed by atoms with Gasteiger partial charge in [0, 0.05) is 22.3 Å². The molecule has 0 spiro atoms. The second-order valence-electron chi connectivity index (χ2n) is 5.88. The number of nitrogens with one attached hydrogen (secondary N) is 1. The fraction of sp³-hybridized carbons (Fsp3) is 0.389. The Balaban J connectivity index is 1.62. The average Bonchev–Trinajstić information content (AvgIpc) is 3.22. The smallest absolute Gasteiger partial charge is 0.287 e. The van der Waals surface area contributed by atoms with Crippen LogP contribution in [-0.2, 0) is 5.75 Å². The number of carbonyl (C=O) groups excluding carboxylic acids is 1. The minimum Gasteiger partial charge on any atom is -0.459 e. The molecule has 0 aliphatic heterocycles. The maximum atomic E-state index is 12.5. The molecule has 23 heavy (non-hydrogen) atoms. The summed E-state index contributed by atoms with van der Waals surface area (Å²) in [6, 6.07) is 12.2. The Kier molecular flexibility index (Phi) is 5.41. The molecular formula is C18H22N2O2S. The van der Waals surface area contributed by atoms with E-state index in [0.717, 1.165) is 24.8 Å². The van der Waals surface area contributed by atoms with Crippen molar-refractivity contribution < 1.29 is 9.21 Å². The summed E-state index contributed by atoms with van der Waals surface area (Å²) >= 11 is 1.70. The maximum Gasteiger partial charge on any atom is 0.287 e. The first-order chi connectivity index (χ1) is 11.3. The van der Waals surface area contributed by atoms with Crippen molar-refractivity contribution in [1.29, 1.82) is 0 Å². The maximum absolute atomic E-state index is 12.5. The molecule has 1 heterocycles. The van der Waals surface area contributed by atoms with Crippen molar-refractivity contribution in [3.8, 4) is 0 Å². The first kappa shape index (κ1) is 16.1. The predicted molar refractivity (Wildman–Crippen MR) is 92.4 cm³/mol.